The normalized spacial score (nSPS) is 11.4. The number of nitrogens with two attached hydrogens (primary N) is 2. The molecule has 0 saturated heterocycles. The molecule has 0 bridgehead atoms. The van der Waals surface area contributed by atoms with Gasteiger partial charge < -0.3 is 21.5 Å². The lowest BCUT2D eigenvalue weighted by Crippen LogP contribution is -2.24. The first-order valence-corrected chi connectivity index (χ1v) is 11.1. The molecule has 5 N–H and O–H groups in total. The molecule has 1 aromatic heterocycles. The van der Waals surface area contributed by atoms with E-state index < -0.39 is 16.0 Å². The summed E-state index contributed by atoms with van der Waals surface area (Å²) in [4.78, 5) is 4.47. The van der Waals surface area contributed by atoms with Crippen LogP contribution in [-0.4, -0.2) is 26.5 Å². The van der Waals surface area contributed by atoms with Gasteiger partial charge in [-0.2, -0.15) is 13.7 Å². The Morgan fingerprint density at radius 2 is 1.87 bits per heavy atom. The summed E-state index contributed by atoms with van der Waals surface area (Å²) in [6.45, 7) is 0. The van der Waals surface area contributed by atoms with Gasteiger partial charge in [-0.25, -0.2) is 4.98 Å². The molecule has 3 aromatic rings. The summed E-state index contributed by atoms with van der Waals surface area (Å²) in [6, 6.07) is 15.4. The van der Waals surface area contributed by atoms with Gasteiger partial charge in [-0.1, -0.05) is 0 Å². The molecule has 0 saturated carbocycles. The van der Waals surface area contributed by atoms with Gasteiger partial charge in [-0.15, -0.1) is 15.7 Å². The van der Waals surface area contributed by atoms with E-state index in [1.165, 1.54) is 41.8 Å². The molecule has 0 fully saturated rings. The summed E-state index contributed by atoms with van der Waals surface area (Å²) < 4.78 is 32.3. The van der Waals surface area contributed by atoms with Crippen LogP contribution in [0.5, 0.6) is 5.75 Å². The second kappa shape index (κ2) is 9.29. The lowest BCUT2D eigenvalue weighted by Gasteiger charge is -2.04. The lowest BCUT2D eigenvalue weighted by molar-refractivity contribution is 0.415. The zero-order chi connectivity index (χ0) is 22.4. The van der Waals surface area contributed by atoms with Crippen LogP contribution in [0.1, 0.15) is 5.01 Å². The predicted octanol–water partition coefficient (Wildman–Crippen LogP) is 2.76. The Balaban J connectivity index is 1.76. The maximum absolute atomic E-state index is 12.0. The topological polar surface area (TPSA) is 156 Å². The Labute approximate surface area is 183 Å². The number of benzene rings is 2. The number of nitriles is 1. The molecule has 11 heteroatoms. The minimum atomic E-state index is -3.96. The van der Waals surface area contributed by atoms with Gasteiger partial charge in [0.1, 0.15) is 22.4 Å². The van der Waals surface area contributed by atoms with E-state index in [0.29, 0.717) is 16.3 Å². The zero-order valence-electron chi connectivity index (χ0n) is 16.3. The number of anilines is 1. The Morgan fingerprint density at radius 3 is 2.45 bits per heavy atom. The van der Waals surface area contributed by atoms with Crippen LogP contribution >= 0.6 is 11.3 Å². The van der Waals surface area contributed by atoms with E-state index >= 15 is 0 Å². The molecule has 158 valence electrons. The number of ether oxygens (including phenoxy) is 1. The van der Waals surface area contributed by atoms with Gasteiger partial charge in [0.25, 0.3) is 10.0 Å². The zero-order valence-corrected chi connectivity index (χ0v) is 17.9. The fourth-order valence-electron chi connectivity index (χ4n) is 2.50. The molecule has 1 heterocycles. The molecule has 31 heavy (non-hydrogen) atoms. The van der Waals surface area contributed by atoms with E-state index in [9.17, 15) is 13.7 Å². The van der Waals surface area contributed by atoms with Crippen LogP contribution in [0.3, 0.4) is 0 Å². The molecule has 0 unspecified atom stereocenters. The van der Waals surface area contributed by atoms with Crippen molar-refractivity contribution in [2.24, 2.45) is 15.9 Å². The summed E-state index contributed by atoms with van der Waals surface area (Å²) in [6.07, 6.45) is 1.51. The van der Waals surface area contributed by atoms with Crippen molar-refractivity contribution in [2.45, 2.75) is 4.90 Å². The molecule has 0 spiro atoms. The number of thiazole rings is 1. The third kappa shape index (κ3) is 5.39. The van der Waals surface area contributed by atoms with Crippen LogP contribution in [0.25, 0.3) is 16.8 Å². The average Bonchev–Trinajstić information content (AvgIpc) is 3.24. The van der Waals surface area contributed by atoms with Gasteiger partial charge in [-0.05, 0) is 48.5 Å². The number of aromatic nitrogens is 1. The molecular formula is C20H18N6O3S2. The summed E-state index contributed by atoms with van der Waals surface area (Å²) >= 11 is 1.34. The second-order valence-electron chi connectivity index (χ2n) is 6.10. The lowest BCUT2D eigenvalue weighted by atomic mass is 10.2. The van der Waals surface area contributed by atoms with Crippen LogP contribution in [0.2, 0.25) is 0 Å². The van der Waals surface area contributed by atoms with E-state index in [0.717, 1.165) is 17.0 Å². The van der Waals surface area contributed by atoms with Crippen LogP contribution in [0.15, 0.2) is 69.4 Å². The van der Waals surface area contributed by atoms with Gasteiger partial charge >= 0.3 is 0 Å². The third-order valence-electron chi connectivity index (χ3n) is 4.00. The standard InChI is InChI=1S/C20H18N6O3S2/c1-29-16-6-2-13(3-7-16)18-12-30-19(25-18)14(10-21)11-24-15-4-8-17(9-5-15)31(27,28)26-20(22)23/h2-9,11-12,24H,1H3,(H4,22,23,26)/b14-11+. The SMILES string of the molecule is COc1ccc(-c2csc(/C(C#N)=C/Nc3ccc(S(=O)(=O)N=C(N)N)cc3)n2)cc1. The summed E-state index contributed by atoms with van der Waals surface area (Å²) in [5.74, 6) is 0.208. The Bertz CT molecular complexity index is 1270. The van der Waals surface area contributed by atoms with Crippen molar-refractivity contribution in [3.05, 3.63) is 65.1 Å². The first-order valence-electron chi connectivity index (χ1n) is 8.75. The van der Waals surface area contributed by atoms with Crippen molar-refractivity contribution in [1.29, 1.82) is 5.26 Å². The van der Waals surface area contributed by atoms with E-state index in [4.69, 9.17) is 16.2 Å². The molecule has 0 amide bonds. The van der Waals surface area contributed by atoms with Crippen LogP contribution in [-0.2, 0) is 10.0 Å². The van der Waals surface area contributed by atoms with E-state index in [1.54, 1.807) is 7.11 Å². The largest absolute Gasteiger partial charge is 0.497 e. The van der Waals surface area contributed by atoms with Crippen molar-refractivity contribution in [3.8, 4) is 23.1 Å². The van der Waals surface area contributed by atoms with Crippen molar-refractivity contribution in [2.75, 3.05) is 12.4 Å². The molecule has 0 atom stereocenters. The third-order valence-corrected chi connectivity index (χ3v) is 6.20. The number of guanidine groups is 1. The maximum Gasteiger partial charge on any atom is 0.285 e. The number of hydrogen-bond acceptors (Lipinski definition) is 7. The van der Waals surface area contributed by atoms with Crippen molar-refractivity contribution >= 4 is 38.6 Å². The molecule has 9 nitrogen and oxygen atoms in total. The number of sulfonamides is 1. The summed E-state index contributed by atoms with van der Waals surface area (Å²) in [5.41, 5.74) is 12.8. The van der Waals surface area contributed by atoms with E-state index in [-0.39, 0.29) is 4.90 Å². The minimum Gasteiger partial charge on any atom is -0.497 e. The molecule has 0 aliphatic carbocycles. The Hall–Kier alpha value is -3.88. The van der Waals surface area contributed by atoms with Crippen LogP contribution < -0.4 is 21.5 Å². The highest BCUT2D eigenvalue weighted by Crippen LogP contribution is 2.27. The highest BCUT2D eigenvalue weighted by molar-refractivity contribution is 7.90. The van der Waals surface area contributed by atoms with Gasteiger partial charge in [0.2, 0.25) is 5.96 Å². The van der Waals surface area contributed by atoms with Gasteiger partial charge in [0, 0.05) is 22.8 Å². The Kier molecular flexibility index (Phi) is 6.54. The Morgan fingerprint density at radius 1 is 1.19 bits per heavy atom. The van der Waals surface area contributed by atoms with Crippen LogP contribution in [0, 0.1) is 11.3 Å². The minimum absolute atomic E-state index is 0.0556. The number of rotatable bonds is 7. The molecular weight excluding hydrogens is 436 g/mol. The second-order valence-corrected chi connectivity index (χ2v) is 8.56. The molecule has 3 rings (SSSR count). The average molecular weight is 455 g/mol. The fourth-order valence-corrected chi connectivity index (χ4v) is 4.16. The monoisotopic (exact) mass is 454 g/mol. The first kappa shape index (κ1) is 21.8. The highest BCUT2D eigenvalue weighted by atomic mass is 32.2. The fraction of sp³-hybridized carbons (Fsp3) is 0.0500. The van der Waals surface area contributed by atoms with Crippen LogP contribution in [0.4, 0.5) is 5.69 Å². The number of hydrogen-bond donors (Lipinski definition) is 3. The van der Waals surface area contributed by atoms with Gasteiger partial charge in [0.15, 0.2) is 0 Å². The molecule has 2 aromatic carbocycles. The molecule has 0 aliphatic rings. The van der Waals surface area contributed by atoms with Gasteiger partial charge in [-0.3, -0.25) is 0 Å². The van der Waals surface area contributed by atoms with E-state index in [1.807, 2.05) is 29.6 Å². The number of methoxy groups -OCH3 is 1. The smallest absolute Gasteiger partial charge is 0.285 e. The first-order chi connectivity index (χ1) is 14.8. The number of nitrogens with one attached hydrogen (secondary N) is 1. The maximum atomic E-state index is 12.0. The van der Waals surface area contributed by atoms with Gasteiger partial charge in [0.05, 0.1) is 17.7 Å². The molecule has 0 aliphatic heterocycles. The number of nitrogens with zero attached hydrogens (tertiary/aromatic N) is 3. The summed E-state index contributed by atoms with van der Waals surface area (Å²) in [7, 11) is -2.36. The predicted molar refractivity (Wildman–Crippen MR) is 121 cm³/mol. The summed E-state index contributed by atoms with van der Waals surface area (Å²) in [5, 5.41) is 14.9. The van der Waals surface area contributed by atoms with E-state index in [2.05, 4.69) is 20.8 Å². The quantitative estimate of drug-likeness (QED) is 0.279. The molecule has 0 radical (unpaired) electrons. The van der Waals surface area contributed by atoms with Crippen molar-refractivity contribution in [3.63, 3.8) is 0 Å². The van der Waals surface area contributed by atoms with Crippen molar-refractivity contribution < 1.29 is 13.2 Å². The van der Waals surface area contributed by atoms with Crippen molar-refractivity contribution in [1.82, 2.24) is 4.98 Å². The number of allylic oxidation sites excluding steroid dienone is 1. The highest BCUT2D eigenvalue weighted by Gasteiger charge is 2.13.